The van der Waals surface area contributed by atoms with Crippen LogP contribution in [0.4, 0.5) is 4.39 Å². The lowest BCUT2D eigenvalue weighted by atomic mass is 9.83. The fraction of sp³-hybridized carbons (Fsp3) is 0.750. The lowest BCUT2D eigenvalue weighted by molar-refractivity contribution is 0.0833. The Kier molecular flexibility index (Phi) is 3.60. The lowest BCUT2D eigenvalue weighted by Crippen LogP contribution is -2.42. The van der Waals surface area contributed by atoms with Gasteiger partial charge in [0.25, 0.3) is 0 Å². The molecule has 16 heavy (non-hydrogen) atoms. The van der Waals surface area contributed by atoms with Gasteiger partial charge in [-0.3, -0.25) is 0 Å². The standard InChI is InChI=1S/C12H19FN2S/c1-9-8-16-11(15-9)6-12(2,13)10-4-3-5-14-7-10/h8,10,14H,3-7H2,1-2H3. The lowest BCUT2D eigenvalue weighted by Gasteiger charge is -2.33. The van der Waals surface area contributed by atoms with Crippen LogP contribution in [0.3, 0.4) is 0 Å². The summed E-state index contributed by atoms with van der Waals surface area (Å²) >= 11 is 1.57. The molecule has 0 amide bonds. The molecule has 0 saturated carbocycles. The third kappa shape index (κ3) is 2.80. The van der Waals surface area contributed by atoms with Gasteiger partial charge in [0.1, 0.15) is 5.67 Å². The maximum absolute atomic E-state index is 14.6. The van der Waals surface area contributed by atoms with E-state index in [2.05, 4.69) is 10.3 Å². The minimum Gasteiger partial charge on any atom is -0.316 e. The van der Waals surface area contributed by atoms with E-state index in [0.29, 0.717) is 6.42 Å². The summed E-state index contributed by atoms with van der Waals surface area (Å²) in [7, 11) is 0. The highest BCUT2D eigenvalue weighted by Crippen LogP contribution is 2.31. The van der Waals surface area contributed by atoms with Crippen LogP contribution >= 0.6 is 11.3 Å². The van der Waals surface area contributed by atoms with E-state index < -0.39 is 5.67 Å². The molecule has 2 atom stereocenters. The number of nitrogens with zero attached hydrogens (tertiary/aromatic N) is 1. The maximum Gasteiger partial charge on any atom is 0.118 e. The molecule has 0 bridgehead atoms. The second-order valence-electron chi connectivity index (χ2n) is 4.88. The minimum atomic E-state index is -1.13. The Labute approximate surface area is 100 Å². The monoisotopic (exact) mass is 242 g/mol. The van der Waals surface area contributed by atoms with Crippen LogP contribution < -0.4 is 5.32 Å². The molecule has 0 spiro atoms. The van der Waals surface area contributed by atoms with Crippen molar-refractivity contribution in [3.63, 3.8) is 0 Å². The van der Waals surface area contributed by atoms with Crippen molar-refractivity contribution in [3.8, 4) is 0 Å². The van der Waals surface area contributed by atoms with E-state index in [4.69, 9.17) is 0 Å². The average Bonchev–Trinajstić information content (AvgIpc) is 2.64. The predicted octanol–water partition coefficient (Wildman–Crippen LogP) is 2.72. The van der Waals surface area contributed by atoms with Gasteiger partial charge in [0.15, 0.2) is 0 Å². The molecule has 1 aromatic rings. The van der Waals surface area contributed by atoms with Gasteiger partial charge in [0, 0.05) is 30.0 Å². The highest BCUT2D eigenvalue weighted by molar-refractivity contribution is 7.09. The van der Waals surface area contributed by atoms with E-state index in [1.165, 1.54) is 0 Å². The van der Waals surface area contributed by atoms with E-state index in [1.54, 1.807) is 18.3 Å². The van der Waals surface area contributed by atoms with Gasteiger partial charge >= 0.3 is 0 Å². The number of piperidine rings is 1. The Bertz CT molecular complexity index is 343. The zero-order valence-corrected chi connectivity index (χ0v) is 10.7. The van der Waals surface area contributed by atoms with Crippen molar-refractivity contribution >= 4 is 11.3 Å². The molecule has 0 aliphatic carbocycles. The summed E-state index contributed by atoms with van der Waals surface area (Å²) in [6, 6.07) is 0. The summed E-state index contributed by atoms with van der Waals surface area (Å²) in [5.41, 5.74) is -0.130. The first kappa shape index (κ1) is 12.0. The van der Waals surface area contributed by atoms with Crippen LogP contribution in [-0.2, 0) is 6.42 Å². The molecule has 90 valence electrons. The highest BCUT2D eigenvalue weighted by atomic mass is 32.1. The molecule has 1 aliphatic rings. The summed E-state index contributed by atoms with van der Waals surface area (Å²) in [6.45, 7) is 5.51. The molecule has 1 N–H and O–H groups in total. The maximum atomic E-state index is 14.6. The van der Waals surface area contributed by atoms with Crippen LogP contribution in [-0.4, -0.2) is 23.7 Å². The smallest absolute Gasteiger partial charge is 0.118 e. The molecule has 1 fully saturated rings. The molecular weight excluding hydrogens is 223 g/mol. The molecule has 0 aromatic carbocycles. The Hall–Kier alpha value is -0.480. The molecular formula is C12H19FN2S. The van der Waals surface area contributed by atoms with Crippen LogP contribution in [0.1, 0.15) is 30.5 Å². The number of aromatic nitrogens is 1. The zero-order chi connectivity index (χ0) is 11.6. The SMILES string of the molecule is Cc1csc(CC(C)(F)C2CCCNC2)n1. The number of rotatable bonds is 3. The van der Waals surface area contributed by atoms with Gasteiger partial charge in [-0.2, -0.15) is 0 Å². The first-order chi connectivity index (χ1) is 7.58. The quantitative estimate of drug-likeness (QED) is 0.881. The number of hydrogen-bond acceptors (Lipinski definition) is 3. The van der Waals surface area contributed by atoms with E-state index >= 15 is 0 Å². The van der Waals surface area contributed by atoms with Gasteiger partial charge in [0.05, 0.1) is 5.01 Å². The third-order valence-corrected chi connectivity index (χ3v) is 4.28. The number of nitrogens with one attached hydrogen (secondary N) is 1. The number of hydrogen-bond donors (Lipinski definition) is 1. The molecule has 1 saturated heterocycles. The largest absolute Gasteiger partial charge is 0.316 e. The first-order valence-corrected chi connectivity index (χ1v) is 6.76. The molecule has 2 rings (SSSR count). The summed E-state index contributed by atoms with van der Waals surface area (Å²) in [5.74, 6) is 0.130. The Morgan fingerprint density at radius 2 is 2.50 bits per heavy atom. The molecule has 1 aliphatic heterocycles. The Balaban J connectivity index is 2.00. The van der Waals surface area contributed by atoms with Gasteiger partial charge in [0.2, 0.25) is 0 Å². The van der Waals surface area contributed by atoms with Crippen molar-refractivity contribution in [1.82, 2.24) is 10.3 Å². The van der Waals surface area contributed by atoms with Crippen LogP contribution in [0.15, 0.2) is 5.38 Å². The molecule has 2 unspecified atom stereocenters. The molecule has 2 heterocycles. The molecule has 0 radical (unpaired) electrons. The van der Waals surface area contributed by atoms with E-state index in [-0.39, 0.29) is 5.92 Å². The Morgan fingerprint density at radius 1 is 1.69 bits per heavy atom. The highest BCUT2D eigenvalue weighted by Gasteiger charge is 2.35. The topological polar surface area (TPSA) is 24.9 Å². The van der Waals surface area contributed by atoms with Gasteiger partial charge in [-0.25, -0.2) is 9.37 Å². The number of halogens is 1. The van der Waals surface area contributed by atoms with Crippen molar-refractivity contribution in [2.45, 2.75) is 38.8 Å². The summed E-state index contributed by atoms with van der Waals surface area (Å²) in [5, 5.41) is 6.19. The van der Waals surface area contributed by atoms with Crippen LogP contribution in [0.5, 0.6) is 0 Å². The molecule has 2 nitrogen and oxygen atoms in total. The summed E-state index contributed by atoms with van der Waals surface area (Å²) < 4.78 is 14.6. The minimum absolute atomic E-state index is 0.130. The number of thiazole rings is 1. The summed E-state index contributed by atoms with van der Waals surface area (Å²) in [6.07, 6.45) is 2.53. The predicted molar refractivity (Wildman–Crippen MR) is 65.7 cm³/mol. The molecule has 1 aromatic heterocycles. The number of alkyl halides is 1. The van der Waals surface area contributed by atoms with E-state index in [1.807, 2.05) is 12.3 Å². The Morgan fingerprint density at radius 3 is 3.06 bits per heavy atom. The van der Waals surface area contributed by atoms with Crippen molar-refractivity contribution < 1.29 is 4.39 Å². The first-order valence-electron chi connectivity index (χ1n) is 5.88. The van der Waals surface area contributed by atoms with Gasteiger partial charge in [-0.1, -0.05) is 0 Å². The van der Waals surface area contributed by atoms with Crippen molar-refractivity contribution in [2.75, 3.05) is 13.1 Å². The van der Waals surface area contributed by atoms with Crippen LogP contribution in [0.25, 0.3) is 0 Å². The number of aryl methyl sites for hydroxylation is 1. The van der Waals surface area contributed by atoms with Crippen molar-refractivity contribution in [2.24, 2.45) is 5.92 Å². The molecule has 4 heteroatoms. The van der Waals surface area contributed by atoms with Gasteiger partial charge in [-0.15, -0.1) is 11.3 Å². The normalized spacial score (nSPS) is 25.3. The van der Waals surface area contributed by atoms with E-state index in [0.717, 1.165) is 36.6 Å². The summed E-state index contributed by atoms with van der Waals surface area (Å²) in [4.78, 5) is 4.35. The zero-order valence-electron chi connectivity index (χ0n) is 9.92. The second-order valence-corrected chi connectivity index (χ2v) is 5.82. The van der Waals surface area contributed by atoms with Crippen LogP contribution in [0.2, 0.25) is 0 Å². The third-order valence-electron chi connectivity index (χ3n) is 3.31. The van der Waals surface area contributed by atoms with Crippen molar-refractivity contribution in [3.05, 3.63) is 16.1 Å². The van der Waals surface area contributed by atoms with Crippen molar-refractivity contribution in [1.29, 1.82) is 0 Å². The fourth-order valence-corrected chi connectivity index (χ4v) is 3.21. The second kappa shape index (κ2) is 4.80. The average molecular weight is 242 g/mol. The van der Waals surface area contributed by atoms with E-state index in [9.17, 15) is 4.39 Å². The van der Waals surface area contributed by atoms with Gasteiger partial charge in [-0.05, 0) is 33.2 Å². The fourth-order valence-electron chi connectivity index (χ4n) is 2.29. The van der Waals surface area contributed by atoms with Crippen LogP contribution in [0, 0.1) is 12.8 Å². The van der Waals surface area contributed by atoms with Gasteiger partial charge < -0.3 is 5.32 Å².